The first kappa shape index (κ1) is 9.15. The van der Waals surface area contributed by atoms with E-state index in [9.17, 15) is 0 Å². The smallest absolute Gasteiger partial charge is 0.155 e. The highest BCUT2D eigenvalue weighted by Gasteiger charge is 2.10. The van der Waals surface area contributed by atoms with Crippen LogP contribution in [0.5, 0.6) is 0 Å². The van der Waals surface area contributed by atoms with E-state index in [-0.39, 0.29) is 16.0 Å². The number of nitrogen functional groups attached to an aromatic ring is 2. The molecule has 0 atom stereocenters. The van der Waals surface area contributed by atoms with Gasteiger partial charge in [-0.25, -0.2) is 4.98 Å². The van der Waals surface area contributed by atoms with Crippen molar-refractivity contribution in [2.45, 2.75) is 0 Å². The van der Waals surface area contributed by atoms with Crippen LogP contribution in [0, 0.1) is 3.57 Å². The molecule has 0 spiro atoms. The monoisotopic (exact) mass is 303 g/mol. The topological polar surface area (TPSA) is 64.9 Å². The molecule has 0 saturated carbocycles. The van der Waals surface area contributed by atoms with Crippen LogP contribution in [0.4, 0.5) is 11.4 Å². The van der Waals surface area contributed by atoms with Crippen LogP contribution in [0.3, 0.4) is 0 Å². The first-order valence-electron chi connectivity index (χ1n) is 2.59. The molecule has 0 aliphatic rings. The number of pyridine rings is 1. The molecule has 0 radical (unpaired) electrons. The van der Waals surface area contributed by atoms with Crippen LogP contribution in [0.25, 0.3) is 0 Å². The molecule has 0 amide bonds. The second-order valence-corrected chi connectivity index (χ2v) is 3.63. The van der Waals surface area contributed by atoms with Gasteiger partial charge in [0.1, 0.15) is 5.15 Å². The number of anilines is 2. The van der Waals surface area contributed by atoms with Crippen LogP contribution >= 0.6 is 45.8 Å². The Morgan fingerprint density at radius 2 is 1.64 bits per heavy atom. The van der Waals surface area contributed by atoms with Crippen molar-refractivity contribution in [3.05, 3.63) is 13.9 Å². The molecule has 1 rings (SSSR count). The molecule has 0 aliphatic heterocycles. The fourth-order valence-corrected chi connectivity index (χ4v) is 1.36. The van der Waals surface area contributed by atoms with E-state index in [2.05, 4.69) is 4.98 Å². The second-order valence-electron chi connectivity index (χ2n) is 1.83. The van der Waals surface area contributed by atoms with Crippen molar-refractivity contribution in [2.24, 2.45) is 0 Å². The van der Waals surface area contributed by atoms with Crippen molar-refractivity contribution in [1.82, 2.24) is 4.98 Å². The molecule has 1 aromatic heterocycles. The van der Waals surface area contributed by atoms with Gasteiger partial charge in [-0.15, -0.1) is 0 Å². The van der Waals surface area contributed by atoms with Gasteiger partial charge in [0.25, 0.3) is 0 Å². The van der Waals surface area contributed by atoms with E-state index in [4.69, 9.17) is 34.7 Å². The zero-order chi connectivity index (χ0) is 8.59. The second kappa shape index (κ2) is 3.20. The predicted molar refractivity (Wildman–Crippen MR) is 55.8 cm³/mol. The molecular formula is C5H4Cl2IN3. The van der Waals surface area contributed by atoms with Crippen LogP contribution in [-0.2, 0) is 0 Å². The van der Waals surface area contributed by atoms with Crippen molar-refractivity contribution in [3.63, 3.8) is 0 Å². The average molecular weight is 304 g/mol. The van der Waals surface area contributed by atoms with Crippen molar-refractivity contribution >= 4 is 57.2 Å². The van der Waals surface area contributed by atoms with Gasteiger partial charge < -0.3 is 11.5 Å². The van der Waals surface area contributed by atoms with Crippen LogP contribution in [0.1, 0.15) is 0 Å². The normalized spacial score (nSPS) is 10.1. The van der Waals surface area contributed by atoms with Gasteiger partial charge in [0.15, 0.2) is 5.15 Å². The van der Waals surface area contributed by atoms with Gasteiger partial charge in [-0.1, -0.05) is 23.2 Å². The zero-order valence-corrected chi connectivity index (χ0v) is 8.91. The summed E-state index contributed by atoms with van der Waals surface area (Å²) in [6, 6.07) is 0. The Balaban J connectivity index is 3.46. The highest BCUT2D eigenvalue weighted by Crippen LogP contribution is 2.31. The summed E-state index contributed by atoms with van der Waals surface area (Å²) in [5.74, 6) is 0. The van der Waals surface area contributed by atoms with Gasteiger partial charge >= 0.3 is 0 Å². The lowest BCUT2D eigenvalue weighted by atomic mass is 10.4. The molecule has 0 aromatic carbocycles. The van der Waals surface area contributed by atoms with Gasteiger partial charge in [0.2, 0.25) is 0 Å². The summed E-state index contributed by atoms with van der Waals surface area (Å²) in [4.78, 5) is 3.75. The molecule has 0 fully saturated rings. The summed E-state index contributed by atoms with van der Waals surface area (Å²) in [6.45, 7) is 0. The van der Waals surface area contributed by atoms with Crippen molar-refractivity contribution in [1.29, 1.82) is 0 Å². The maximum absolute atomic E-state index is 5.65. The lowest BCUT2D eigenvalue weighted by Crippen LogP contribution is -2.00. The fourth-order valence-electron chi connectivity index (χ4n) is 0.536. The SMILES string of the molecule is Nc1c(Cl)nc(Cl)c(I)c1N. The molecule has 60 valence electrons. The molecule has 1 aromatic rings. The summed E-state index contributed by atoms with van der Waals surface area (Å²) in [7, 11) is 0. The molecule has 0 aliphatic carbocycles. The Kier molecular flexibility index (Phi) is 2.66. The van der Waals surface area contributed by atoms with Crippen LogP contribution < -0.4 is 11.5 Å². The zero-order valence-electron chi connectivity index (χ0n) is 5.24. The highest BCUT2D eigenvalue weighted by molar-refractivity contribution is 14.1. The number of nitrogens with two attached hydrogens (primary N) is 2. The third-order valence-electron chi connectivity index (χ3n) is 1.13. The molecule has 6 heteroatoms. The van der Waals surface area contributed by atoms with Gasteiger partial charge in [-0.2, -0.15) is 0 Å². The number of rotatable bonds is 0. The number of aromatic nitrogens is 1. The summed E-state index contributed by atoms with van der Waals surface area (Å²) >= 11 is 13.2. The van der Waals surface area contributed by atoms with E-state index >= 15 is 0 Å². The first-order chi connectivity index (χ1) is 5.04. The number of hydrogen-bond acceptors (Lipinski definition) is 3. The van der Waals surface area contributed by atoms with Crippen molar-refractivity contribution in [3.8, 4) is 0 Å². The van der Waals surface area contributed by atoms with Gasteiger partial charge in [0, 0.05) is 0 Å². The van der Waals surface area contributed by atoms with Crippen LogP contribution in [0.15, 0.2) is 0 Å². The van der Waals surface area contributed by atoms with Crippen molar-refractivity contribution < 1.29 is 0 Å². The van der Waals surface area contributed by atoms with E-state index < -0.39 is 0 Å². The van der Waals surface area contributed by atoms with E-state index in [0.717, 1.165) is 0 Å². The Labute approximate surface area is 87.2 Å². The maximum Gasteiger partial charge on any atom is 0.155 e. The van der Waals surface area contributed by atoms with E-state index in [1.54, 1.807) is 0 Å². The molecular weight excluding hydrogens is 300 g/mol. The fraction of sp³-hybridized carbons (Fsp3) is 0. The van der Waals surface area contributed by atoms with E-state index in [0.29, 0.717) is 9.26 Å². The minimum Gasteiger partial charge on any atom is -0.396 e. The summed E-state index contributed by atoms with van der Waals surface area (Å²) < 4.78 is 0.631. The van der Waals surface area contributed by atoms with Crippen LogP contribution in [-0.4, -0.2) is 4.98 Å². The molecule has 3 nitrogen and oxygen atoms in total. The Bertz CT molecular complexity index is 276. The maximum atomic E-state index is 5.65. The van der Waals surface area contributed by atoms with Gasteiger partial charge in [-0.05, 0) is 22.6 Å². The molecule has 0 bridgehead atoms. The van der Waals surface area contributed by atoms with E-state index in [1.807, 2.05) is 22.6 Å². The lowest BCUT2D eigenvalue weighted by molar-refractivity contribution is 1.31. The summed E-state index contributed by atoms with van der Waals surface area (Å²) in [5.41, 5.74) is 11.7. The average Bonchev–Trinajstić information content (AvgIpc) is 1.97. The molecule has 4 N–H and O–H groups in total. The molecule has 1 heterocycles. The summed E-state index contributed by atoms with van der Waals surface area (Å²) in [5, 5.41) is 0.426. The molecule has 0 saturated heterocycles. The Hall–Kier alpha value is 0.0600. The predicted octanol–water partition coefficient (Wildman–Crippen LogP) is 2.16. The Morgan fingerprint density at radius 3 is 2.18 bits per heavy atom. The summed E-state index contributed by atoms with van der Waals surface area (Å²) in [6.07, 6.45) is 0. The quantitative estimate of drug-likeness (QED) is 0.570. The third kappa shape index (κ3) is 1.62. The number of nitrogens with zero attached hydrogens (tertiary/aromatic N) is 1. The third-order valence-corrected chi connectivity index (χ3v) is 3.10. The molecule has 11 heavy (non-hydrogen) atoms. The highest BCUT2D eigenvalue weighted by atomic mass is 127. The first-order valence-corrected chi connectivity index (χ1v) is 4.43. The minimum absolute atomic E-state index is 0.146. The van der Waals surface area contributed by atoms with Gasteiger partial charge in [0.05, 0.1) is 14.9 Å². The molecule has 0 unspecified atom stereocenters. The van der Waals surface area contributed by atoms with E-state index in [1.165, 1.54) is 0 Å². The van der Waals surface area contributed by atoms with Crippen molar-refractivity contribution in [2.75, 3.05) is 11.5 Å². The minimum atomic E-state index is 0.146. The lowest BCUT2D eigenvalue weighted by Gasteiger charge is -2.04. The van der Waals surface area contributed by atoms with Gasteiger partial charge in [-0.3, -0.25) is 0 Å². The number of hydrogen-bond donors (Lipinski definition) is 2. The number of halogens is 3. The Morgan fingerprint density at radius 1 is 1.09 bits per heavy atom. The standard InChI is InChI=1S/C5H4Cl2IN3/c6-4-1(8)2(9)3(10)5(7)11-4/h10H2,(H2,9,11). The van der Waals surface area contributed by atoms with Crippen LogP contribution in [0.2, 0.25) is 10.3 Å². The largest absolute Gasteiger partial charge is 0.396 e.